The smallest absolute Gasteiger partial charge is 0.119 e. The van der Waals surface area contributed by atoms with Gasteiger partial charge in [-0.3, -0.25) is 0 Å². The Bertz CT molecular complexity index is 620. The second kappa shape index (κ2) is 7.12. The average molecular weight is 301 g/mol. The monoisotopic (exact) mass is 301 g/mol. The van der Waals surface area contributed by atoms with Crippen LogP contribution in [0.4, 0.5) is 0 Å². The number of rotatable bonds is 7. The van der Waals surface area contributed by atoms with Crippen LogP contribution in [-0.2, 0) is 6.54 Å². The minimum atomic E-state index is -0.257. The Labute approximate surface area is 133 Å². The number of nitrogens with one attached hydrogen (secondary N) is 1. The molecular weight excluding hydrogens is 274 g/mol. The van der Waals surface area contributed by atoms with Crippen LogP contribution in [0.1, 0.15) is 32.8 Å². The van der Waals surface area contributed by atoms with Gasteiger partial charge in [-0.15, -0.1) is 0 Å². The molecule has 0 heterocycles. The third-order valence-corrected chi connectivity index (χ3v) is 3.89. The lowest BCUT2D eigenvalue weighted by Gasteiger charge is -2.26. The first kappa shape index (κ1) is 16.8. The highest BCUT2D eigenvalue weighted by Gasteiger charge is 2.19. The first-order chi connectivity index (χ1) is 10.4. The third-order valence-electron chi connectivity index (χ3n) is 3.89. The fraction of sp³-hybridized carbons (Fsp3) is 0.474. The molecule has 0 saturated carbocycles. The summed E-state index contributed by atoms with van der Waals surface area (Å²) < 4.78 is 5.25. The molecule has 0 fully saturated rings. The van der Waals surface area contributed by atoms with Gasteiger partial charge in [0.1, 0.15) is 5.75 Å². The van der Waals surface area contributed by atoms with Crippen molar-refractivity contribution < 1.29 is 9.84 Å². The summed E-state index contributed by atoms with van der Waals surface area (Å²) in [6.45, 7) is 7.93. The number of benzene rings is 2. The second-order valence-corrected chi connectivity index (χ2v) is 6.87. The topological polar surface area (TPSA) is 41.5 Å². The molecule has 0 radical (unpaired) electrons. The van der Waals surface area contributed by atoms with E-state index < -0.39 is 0 Å². The highest BCUT2D eigenvalue weighted by atomic mass is 16.5. The van der Waals surface area contributed by atoms with Crippen molar-refractivity contribution in [2.45, 2.75) is 39.8 Å². The van der Waals surface area contributed by atoms with Crippen LogP contribution >= 0.6 is 0 Å². The molecule has 3 nitrogen and oxygen atoms in total. The molecule has 1 atom stereocenters. The van der Waals surface area contributed by atoms with Crippen molar-refractivity contribution in [1.82, 2.24) is 5.32 Å². The van der Waals surface area contributed by atoms with Gasteiger partial charge in [-0.2, -0.15) is 0 Å². The van der Waals surface area contributed by atoms with Crippen LogP contribution in [0.2, 0.25) is 0 Å². The Morgan fingerprint density at radius 2 is 1.82 bits per heavy atom. The average Bonchev–Trinajstić information content (AvgIpc) is 2.45. The molecule has 120 valence electrons. The zero-order chi connectivity index (χ0) is 16.2. The van der Waals surface area contributed by atoms with E-state index in [2.05, 4.69) is 49.5 Å². The first-order valence-electron chi connectivity index (χ1n) is 7.85. The van der Waals surface area contributed by atoms with E-state index in [4.69, 9.17) is 4.74 Å². The summed E-state index contributed by atoms with van der Waals surface area (Å²) in [6.07, 6.45) is 0.546. The lowest BCUT2D eigenvalue weighted by atomic mass is 9.87. The molecule has 0 aliphatic heterocycles. The van der Waals surface area contributed by atoms with E-state index >= 15 is 0 Å². The minimum Gasteiger partial charge on any atom is -0.497 e. The molecule has 0 aliphatic carbocycles. The molecule has 1 unspecified atom stereocenters. The molecule has 2 N–H and O–H groups in total. The molecule has 2 rings (SSSR count). The Morgan fingerprint density at radius 3 is 2.50 bits per heavy atom. The number of aliphatic hydroxyl groups excluding tert-OH is 1. The molecule has 0 saturated heterocycles. The van der Waals surface area contributed by atoms with E-state index in [1.54, 1.807) is 7.11 Å². The third kappa shape index (κ3) is 4.72. The molecule has 2 aromatic carbocycles. The van der Waals surface area contributed by atoms with E-state index in [1.165, 1.54) is 16.3 Å². The van der Waals surface area contributed by atoms with Crippen molar-refractivity contribution in [3.63, 3.8) is 0 Å². The predicted molar refractivity (Wildman–Crippen MR) is 92.3 cm³/mol. The van der Waals surface area contributed by atoms with Crippen LogP contribution in [0, 0.1) is 5.41 Å². The highest BCUT2D eigenvalue weighted by Crippen LogP contribution is 2.23. The zero-order valence-corrected chi connectivity index (χ0v) is 14.0. The molecule has 3 heteroatoms. The van der Waals surface area contributed by atoms with Crippen molar-refractivity contribution in [2.24, 2.45) is 5.41 Å². The maximum atomic E-state index is 9.53. The van der Waals surface area contributed by atoms with Gasteiger partial charge < -0.3 is 15.2 Å². The standard InChI is InChI=1S/C19H27NO2/c1-14(21)11-19(2,3)13-20-12-15-5-6-17-10-18(22-4)8-7-16(17)9-15/h5-10,14,20-21H,11-13H2,1-4H3. The maximum Gasteiger partial charge on any atom is 0.119 e. The van der Waals surface area contributed by atoms with Gasteiger partial charge in [-0.1, -0.05) is 32.0 Å². The summed E-state index contributed by atoms with van der Waals surface area (Å²) in [5.41, 5.74) is 1.36. The summed E-state index contributed by atoms with van der Waals surface area (Å²) in [5.74, 6) is 0.887. The molecule has 0 aliphatic rings. The summed E-state index contributed by atoms with van der Waals surface area (Å²) in [5, 5.41) is 15.4. The summed E-state index contributed by atoms with van der Waals surface area (Å²) >= 11 is 0. The number of fused-ring (bicyclic) bond motifs is 1. The lowest BCUT2D eigenvalue weighted by Crippen LogP contribution is -2.31. The van der Waals surface area contributed by atoms with Crippen LogP contribution in [0.25, 0.3) is 10.8 Å². The van der Waals surface area contributed by atoms with Crippen LogP contribution in [0.3, 0.4) is 0 Å². The molecule has 0 spiro atoms. The van der Waals surface area contributed by atoms with Crippen LogP contribution in [0.15, 0.2) is 36.4 Å². The minimum absolute atomic E-state index is 0.0956. The number of hydrogen-bond donors (Lipinski definition) is 2. The fourth-order valence-electron chi connectivity index (χ4n) is 2.93. The second-order valence-electron chi connectivity index (χ2n) is 6.87. The zero-order valence-electron chi connectivity index (χ0n) is 14.0. The van der Waals surface area contributed by atoms with Crippen molar-refractivity contribution in [1.29, 1.82) is 0 Å². The quantitative estimate of drug-likeness (QED) is 0.818. The van der Waals surface area contributed by atoms with Crippen molar-refractivity contribution in [3.05, 3.63) is 42.0 Å². The number of ether oxygens (including phenoxy) is 1. The van der Waals surface area contributed by atoms with Gasteiger partial charge in [0, 0.05) is 13.1 Å². The van der Waals surface area contributed by atoms with Crippen LogP contribution in [0.5, 0.6) is 5.75 Å². The number of methoxy groups -OCH3 is 1. The van der Waals surface area contributed by atoms with E-state index in [1.807, 2.05) is 13.0 Å². The molecule has 0 aromatic heterocycles. The summed E-state index contributed by atoms with van der Waals surface area (Å²) in [7, 11) is 1.69. The predicted octanol–water partition coefficient (Wildman–Crippen LogP) is 3.74. The van der Waals surface area contributed by atoms with Gasteiger partial charge in [0.15, 0.2) is 0 Å². The van der Waals surface area contributed by atoms with Gasteiger partial charge in [-0.05, 0) is 53.3 Å². The Hall–Kier alpha value is -1.58. The molecule has 2 aromatic rings. The van der Waals surface area contributed by atoms with Gasteiger partial charge in [-0.25, -0.2) is 0 Å². The Kier molecular flexibility index (Phi) is 5.43. The number of aliphatic hydroxyl groups is 1. The van der Waals surface area contributed by atoms with Crippen molar-refractivity contribution in [2.75, 3.05) is 13.7 Å². The number of hydrogen-bond acceptors (Lipinski definition) is 3. The lowest BCUT2D eigenvalue weighted by molar-refractivity contribution is 0.128. The fourth-order valence-corrected chi connectivity index (χ4v) is 2.93. The van der Waals surface area contributed by atoms with Gasteiger partial charge >= 0.3 is 0 Å². The largest absolute Gasteiger partial charge is 0.497 e. The molecule has 22 heavy (non-hydrogen) atoms. The Balaban J connectivity index is 1.97. The van der Waals surface area contributed by atoms with E-state index in [-0.39, 0.29) is 11.5 Å². The Morgan fingerprint density at radius 1 is 1.14 bits per heavy atom. The van der Waals surface area contributed by atoms with Gasteiger partial charge in [0.2, 0.25) is 0 Å². The normalized spacial score (nSPS) is 13.3. The first-order valence-corrected chi connectivity index (χ1v) is 7.85. The highest BCUT2D eigenvalue weighted by molar-refractivity contribution is 5.84. The van der Waals surface area contributed by atoms with Gasteiger partial charge in [0.05, 0.1) is 13.2 Å². The summed E-state index contributed by atoms with van der Waals surface area (Å²) in [4.78, 5) is 0. The van der Waals surface area contributed by atoms with E-state index in [0.717, 1.165) is 25.3 Å². The summed E-state index contributed by atoms with van der Waals surface area (Å²) in [6, 6.07) is 12.6. The van der Waals surface area contributed by atoms with E-state index in [9.17, 15) is 5.11 Å². The van der Waals surface area contributed by atoms with Crippen LogP contribution < -0.4 is 10.1 Å². The van der Waals surface area contributed by atoms with Crippen LogP contribution in [-0.4, -0.2) is 24.9 Å². The van der Waals surface area contributed by atoms with Gasteiger partial charge in [0.25, 0.3) is 0 Å². The maximum absolute atomic E-state index is 9.53. The SMILES string of the molecule is COc1ccc2cc(CNCC(C)(C)CC(C)O)ccc2c1. The van der Waals surface area contributed by atoms with E-state index in [0.29, 0.717) is 0 Å². The molecule has 0 bridgehead atoms. The van der Waals surface area contributed by atoms with Crippen molar-refractivity contribution >= 4 is 10.8 Å². The molecule has 0 amide bonds. The molecular formula is C19H27NO2. The van der Waals surface area contributed by atoms with Crippen molar-refractivity contribution in [3.8, 4) is 5.75 Å².